The average molecular weight is 282 g/mol. The number of nitrogens with zero attached hydrogens (tertiary/aromatic N) is 1. The number of nitro groups is 1. The van der Waals surface area contributed by atoms with E-state index in [0.29, 0.717) is 0 Å². The number of hydrogen-bond donors (Lipinski definition) is 2. The number of nitrogens with one attached hydrogen (secondary N) is 1. The quantitative estimate of drug-likeness (QED) is 0.597. The molecule has 1 rings (SSSR count). The van der Waals surface area contributed by atoms with Gasteiger partial charge in [0, 0.05) is 11.6 Å². The van der Waals surface area contributed by atoms with Crippen molar-refractivity contribution >= 4 is 17.6 Å². The summed E-state index contributed by atoms with van der Waals surface area (Å²) in [6, 6.07) is 2.62. The van der Waals surface area contributed by atoms with Gasteiger partial charge in [-0.25, -0.2) is 4.79 Å². The van der Waals surface area contributed by atoms with Gasteiger partial charge in [-0.05, 0) is 18.6 Å². The van der Waals surface area contributed by atoms with Crippen LogP contribution < -0.4 is 10.1 Å². The summed E-state index contributed by atoms with van der Waals surface area (Å²) in [5, 5.41) is 22.0. The molecule has 2 N–H and O–H groups in total. The maximum Gasteiger partial charge on any atom is 0.326 e. The average Bonchev–Trinajstić information content (AvgIpc) is 2.43. The van der Waals surface area contributed by atoms with Gasteiger partial charge in [-0.2, -0.15) is 0 Å². The van der Waals surface area contributed by atoms with Gasteiger partial charge in [-0.1, -0.05) is 6.92 Å². The number of carbonyl (C=O) groups is 2. The van der Waals surface area contributed by atoms with Crippen molar-refractivity contribution in [3.63, 3.8) is 0 Å². The van der Waals surface area contributed by atoms with Gasteiger partial charge in [-0.15, -0.1) is 0 Å². The third-order valence-electron chi connectivity index (χ3n) is 2.65. The summed E-state index contributed by atoms with van der Waals surface area (Å²) in [7, 11) is 1.28. The van der Waals surface area contributed by atoms with Crippen LogP contribution in [0.15, 0.2) is 18.2 Å². The van der Waals surface area contributed by atoms with Crippen LogP contribution in [-0.2, 0) is 4.79 Å². The number of benzene rings is 1. The van der Waals surface area contributed by atoms with E-state index in [1.807, 2.05) is 0 Å². The SMILES string of the molecule is CCC(NC(=O)c1ccc(OC)c([N+](=O)[O-])c1)C(=O)O. The Hall–Kier alpha value is -2.64. The molecule has 0 aromatic heterocycles. The van der Waals surface area contributed by atoms with Gasteiger partial charge in [0.2, 0.25) is 0 Å². The molecule has 1 aromatic carbocycles. The van der Waals surface area contributed by atoms with Crippen molar-refractivity contribution in [2.45, 2.75) is 19.4 Å². The summed E-state index contributed by atoms with van der Waals surface area (Å²) in [6.07, 6.45) is 0.208. The lowest BCUT2D eigenvalue weighted by Crippen LogP contribution is -2.40. The maximum absolute atomic E-state index is 11.9. The summed E-state index contributed by atoms with van der Waals surface area (Å²) in [4.78, 5) is 32.9. The molecule has 0 aliphatic heterocycles. The lowest BCUT2D eigenvalue weighted by molar-refractivity contribution is -0.385. The molecule has 0 fully saturated rings. The van der Waals surface area contributed by atoms with Gasteiger partial charge >= 0.3 is 11.7 Å². The lowest BCUT2D eigenvalue weighted by atomic mass is 10.1. The van der Waals surface area contributed by atoms with Gasteiger partial charge < -0.3 is 15.2 Å². The van der Waals surface area contributed by atoms with Crippen LogP contribution in [0.25, 0.3) is 0 Å². The van der Waals surface area contributed by atoms with Gasteiger partial charge in [0.15, 0.2) is 5.75 Å². The molecule has 8 nitrogen and oxygen atoms in total. The zero-order valence-corrected chi connectivity index (χ0v) is 11.0. The number of hydrogen-bond acceptors (Lipinski definition) is 5. The Labute approximate surface area is 114 Å². The zero-order valence-electron chi connectivity index (χ0n) is 11.0. The first-order chi connectivity index (χ1) is 9.40. The highest BCUT2D eigenvalue weighted by molar-refractivity contribution is 5.97. The minimum absolute atomic E-state index is 0.00259. The number of rotatable bonds is 6. The monoisotopic (exact) mass is 282 g/mol. The molecule has 0 saturated heterocycles. The van der Waals surface area contributed by atoms with E-state index in [1.54, 1.807) is 6.92 Å². The third kappa shape index (κ3) is 3.44. The van der Waals surface area contributed by atoms with Crippen molar-refractivity contribution in [3.8, 4) is 5.75 Å². The largest absolute Gasteiger partial charge is 0.490 e. The standard InChI is InChI=1S/C12H14N2O6/c1-3-8(12(16)17)13-11(15)7-4-5-10(20-2)9(6-7)14(18)19/h4-6,8H,3H2,1-2H3,(H,13,15)(H,16,17). The second kappa shape index (κ2) is 6.50. The summed E-state index contributed by atoms with van der Waals surface area (Å²) < 4.78 is 4.81. The lowest BCUT2D eigenvalue weighted by Gasteiger charge is -2.12. The van der Waals surface area contributed by atoms with Crippen molar-refractivity contribution < 1.29 is 24.4 Å². The summed E-state index contributed by atoms with van der Waals surface area (Å²) >= 11 is 0. The van der Waals surface area contributed by atoms with Gasteiger partial charge in [0.1, 0.15) is 6.04 Å². The Bertz CT molecular complexity index is 543. The van der Waals surface area contributed by atoms with Crippen LogP contribution in [0.3, 0.4) is 0 Å². The van der Waals surface area contributed by atoms with Crippen LogP contribution in [0, 0.1) is 10.1 Å². The highest BCUT2D eigenvalue weighted by atomic mass is 16.6. The fourth-order valence-electron chi connectivity index (χ4n) is 1.55. The first-order valence-corrected chi connectivity index (χ1v) is 5.76. The fourth-order valence-corrected chi connectivity index (χ4v) is 1.55. The molecule has 0 radical (unpaired) electrons. The Morgan fingerprint density at radius 2 is 2.15 bits per heavy atom. The van der Waals surface area contributed by atoms with E-state index in [0.717, 1.165) is 6.07 Å². The number of ether oxygens (including phenoxy) is 1. The Kier molecular flexibility index (Phi) is 5.01. The molecular weight excluding hydrogens is 268 g/mol. The summed E-state index contributed by atoms with van der Waals surface area (Å²) in [5.74, 6) is -1.83. The van der Waals surface area contributed by atoms with Crippen LogP contribution in [0.1, 0.15) is 23.7 Å². The van der Waals surface area contributed by atoms with Crippen LogP contribution >= 0.6 is 0 Å². The number of carbonyl (C=O) groups excluding carboxylic acids is 1. The molecule has 108 valence electrons. The van der Waals surface area contributed by atoms with Gasteiger partial charge in [0.05, 0.1) is 12.0 Å². The van der Waals surface area contributed by atoms with E-state index in [1.165, 1.54) is 19.2 Å². The Morgan fingerprint density at radius 1 is 1.50 bits per heavy atom. The Morgan fingerprint density at radius 3 is 2.60 bits per heavy atom. The van der Waals surface area contributed by atoms with Gasteiger partial charge in [0.25, 0.3) is 5.91 Å². The van der Waals surface area contributed by atoms with Crippen LogP contribution in [0.5, 0.6) is 5.75 Å². The molecule has 1 unspecified atom stereocenters. The number of carboxylic acids is 1. The second-order valence-electron chi connectivity index (χ2n) is 3.92. The molecule has 0 heterocycles. The maximum atomic E-state index is 11.9. The number of nitro benzene ring substituents is 1. The molecule has 1 atom stereocenters. The first kappa shape index (κ1) is 15.4. The van der Waals surface area contributed by atoms with E-state index in [4.69, 9.17) is 9.84 Å². The topological polar surface area (TPSA) is 119 Å². The predicted octanol–water partition coefficient (Wildman–Crippen LogP) is 1.20. The summed E-state index contributed by atoms with van der Waals surface area (Å²) in [5.41, 5.74) is -0.360. The smallest absolute Gasteiger partial charge is 0.326 e. The van der Waals surface area contributed by atoms with Crippen molar-refractivity contribution in [2.24, 2.45) is 0 Å². The normalized spacial score (nSPS) is 11.5. The van der Waals surface area contributed by atoms with Crippen molar-refractivity contribution in [2.75, 3.05) is 7.11 Å². The highest BCUT2D eigenvalue weighted by Gasteiger charge is 2.22. The zero-order chi connectivity index (χ0) is 15.3. The summed E-state index contributed by atoms with van der Waals surface area (Å²) in [6.45, 7) is 1.61. The minimum Gasteiger partial charge on any atom is -0.490 e. The molecule has 1 aromatic rings. The van der Waals surface area contributed by atoms with Gasteiger partial charge in [-0.3, -0.25) is 14.9 Å². The van der Waals surface area contributed by atoms with E-state index in [2.05, 4.69) is 5.32 Å². The molecule has 0 saturated carbocycles. The number of aliphatic carboxylic acids is 1. The van der Waals surface area contributed by atoms with Crippen molar-refractivity contribution in [3.05, 3.63) is 33.9 Å². The fraction of sp³-hybridized carbons (Fsp3) is 0.333. The predicted molar refractivity (Wildman–Crippen MR) is 68.8 cm³/mol. The molecule has 0 aliphatic carbocycles. The molecule has 1 amide bonds. The third-order valence-corrected chi connectivity index (χ3v) is 2.65. The molecule has 0 bridgehead atoms. The first-order valence-electron chi connectivity index (χ1n) is 5.76. The minimum atomic E-state index is -1.16. The second-order valence-corrected chi connectivity index (χ2v) is 3.92. The van der Waals surface area contributed by atoms with E-state index >= 15 is 0 Å². The van der Waals surface area contributed by atoms with Crippen LogP contribution in [0.2, 0.25) is 0 Å². The van der Waals surface area contributed by atoms with Crippen LogP contribution in [-0.4, -0.2) is 35.1 Å². The Balaban J connectivity index is 3.02. The van der Waals surface area contributed by atoms with E-state index < -0.39 is 22.8 Å². The van der Waals surface area contributed by atoms with Crippen molar-refractivity contribution in [1.29, 1.82) is 0 Å². The molecule has 20 heavy (non-hydrogen) atoms. The molecular formula is C12H14N2O6. The van der Waals surface area contributed by atoms with E-state index in [9.17, 15) is 19.7 Å². The molecule has 8 heteroatoms. The highest BCUT2D eigenvalue weighted by Crippen LogP contribution is 2.27. The van der Waals surface area contributed by atoms with Crippen LogP contribution in [0.4, 0.5) is 5.69 Å². The molecule has 0 spiro atoms. The van der Waals surface area contributed by atoms with Crippen molar-refractivity contribution in [1.82, 2.24) is 5.32 Å². The number of methoxy groups -OCH3 is 1. The number of carboxylic acid groups (broad SMARTS) is 1. The van der Waals surface area contributed by atoms with E-state index in [-0.39, 0.29) is 23.4 Å². The molecule has 0 aliphatic rings. The number of amides is 1.